The minimum atomic E-state index is -0.320. The van der Waals surface area contributed by atoms with Crippen molar-refractivity contribution >= 4 is 10.9 Å². The number of fused-ring (bicyclic) bond motifs is 3. The number of hydrogen-bond donors (Lipinski definition) is 1. The highest BCUT2D eigenvalue weighted by molar-refractivity contribution is 5.85. The normalized spacial score (nSPS) is 18.4. The molecule has 6 nitrogen and oxygen atoms in total. The number of aromatic nitrogens is 4. The molecule has 0 amide bonds. The van der Waals surface area contributed by atoms with E-state index in [-0.39, 0.29) is 5.60 Å². The van der Waals surface area contributed by atoms with Gasteiger partial charge in [0, 0.05) is 23.9 Å². The molecular weight excluding hydrogens is 376 g/mol. The van der Waals surface area contributed by atoms with Crippen molar-refractivity contribution in [3.63, 3.8) is 0 Å². The van der Waals surface area contributed by atoms with Gasteiger partial charge in [0.15, 0.2) is 0 Å². The minimum Gasteiger partial charge on any atom is -0.487 e. The maximum Gasteiger partial charge on any atom is 0.134 e. The van der Waals surface area contributed by atoms with Crippen LogP contribution in [0.1, 0.15) is 36.7 Å². The molecule has 0 spiro atoms. The number of nitrogens with zero attached hydrogens (tertiary/aromatic N) is 3. The Labute approximate surface area is 175 Å². The molecule has 5 rings (SSSR count). The van der Waals surface area contributed by atoms with Crippen molar-refractivity contribution in [2.24, 2.45) is 0 Å². The number of aromatic amines is 1. The van der Waals surface area contributed by atoms with E-state index in [2.05, 4.69) is 46.5 Å². The van der Waals surface area contributed by atoms with Gasteiger partial charge in [0.1, 0.15) is 23.7 Å². The zero-order valence-electron chi connectivity index (χ0n) is 17.2. The summed E-state index contributed by atoms with van der Waals surface area (Å²) in [4.78, 5) is 3.65. The van der Waals surface area contributed by atoms with Crippen molar-refractivity contribution in [3.8, 4) is 5.75 Å². The molecule has 3 heterocycles. The largest absolute Gasteiger partial charge is 0.487 e. The summed E-state index contributed by atoms with van der Waals surface area (Å²) >= 11 is 0. The van der Waals surface area contributed by atoms with Crippen LogP contribution in [-0.4, -0.2) is 26.6 Å². The fourth-order valence-corrected chi connectivity index (χ4v) is 4.41. The molecule has 1 atom stereocenters. The predicted molar refractivity (Wildman–Crippen MR) is 115 cm³/mol. The van der Waals surface area contributed by atoms with E-state index in [9.17, 15) is 0 Å². The van der Waals surface area contributed by atoms with Crippen LogP contribution in [-0.2, 0) is 29.9 Å². The lowest BCUT2D eigenvalue weighted by Gasteiger charge is -2.36. The van der Waals surface area contributed by atoms with Gasteiger partial charge in [0.25, 0.3) is 0 Å². The average Bonchev–Trinajstić information content (AvgIpc) is 3.42. The summed E-state index contributed by atoms with van der Waals surface area (Å²) < 4.78 is 14.1. The van der Waals surface area contributed by atoms with E-state index >= 15 is 0 Å². The van der Waals surface area contributed by atoms with Gasteiger partial charge in [-0.05, 0) is 36.6 Å². The Kier molecular flexibility index (Phi) is 5.01. The second kappa shape index (κ2) is 7.95. The van der Waals surface area contributed by atoms with Crippen LogP contribution in [0.25, 0.3) is 10.9 Å². The first-order valence-corrected chi connectivity index (χ1v) is 10.6. The highest BCUT2D eigenvalue weighted by Gasteiger charge is 2.38. The van der Waals surface area contributed by atoms with E-state index in [1.54, 1.807) is 0 Å². The van der Waals surface area contributed by atoms with Crippen LogP contribution in [0, 0.1) is 0 Å². The highest BCUT2D eigenvalue weighted by Crippen LogP contribution is 2.41. The molecule has 2 aromatic carbocycles. The summed E-state index contributed by atoms with van der Waals surface area (Å²) in [5.41, 5.74) is 4.31. The summed E-state index contributed by atoms with van der Waals surface area (Å²) in [6.07, 6.45) is 4.66. The molecule has 0 fully saturated rings. The fraction of sp³-hybridized carbons (Fsp3) is 0.333. The molecule has 1 unspecified atom stereocenters. The highest BCUT2D eigenvalue weighted by atomic mass is 16.5. The van der Waals surface area contributed by atoms with Gasteiger partial charge in [-0.3, -0.25) is 4.68 Å². The number of aryl methyl sites for hydroxylation is 1. The van der Waals surface area contributed by atoms with Crippen LogP contribution in [0.3, 0.4) is 0 Å². The van der Waals surface area contributed by atoms with Gasteiger partial charge in [-0.15, -0.1) is 5.10 Å². The van der Waals surface area contributed by atoms with Crippen LogP contribution in [0.5, 0.6) is 5.75 Å². The number of ether oxygens (including phenoxy) is 2. The van der Waals surface area contributed by atoms with Crippen LogP contribution in [0.2, 0.25) is 0 Å². The van der Waals surface area contributed by atoms with E-state index in [1.165, 1.54) is 22.2 Å². The first kappa shape index (κ1) is 18.9. The fourth-order valence-electron chi connectivity index (χ4n) is 4.41. The van der Waals surface area contributed by atoms with Gasteiger partial charge < -0.3 is 14.5 Å². The Morgan fingerprint density at radius 1 is 1.13 bits per heavy atom. The molecule has 1 aliphatic rings. The molecule has 30 heavy (non-hydrogen) atoms. The van der Waals surface area contributed by atoms with Gasteiger partial charge in [0.05, 0.1) is 18.5 Å². The van der Waals surface area contributed by atoms with Crippen LogP contribution >= 0.6 is 0 Å². The van der Waals surface area contributed by atoms with Gasteiger partial charge >= 0.3 is 0 Å². The Morgan fingerprint density at radius 2 is 1.97 bits per heavy atom. The molecular formula is C24H26N4O2. The minimum absolute atomic E-state index is 0.320. The molecule has 6 heteroatoms. The number of benzene rings is 2. The molecule has 4 aromatic rings. The second-order valence-electron chi connectivity index (χ2n) is 7.80. The molecule has 0 saturated carbocycles. The maximum atomic E-state index is 6.39. The molecule has 0 radical (unpaired) electrons. The third-order valence-electron chi connectivity index (χ3n) is 6.03. The smallest absolute Gasteiger partial charge is 0.134 e. The molecule has 2 aromatic heterocycles. The SMILES string of the molecule is CCC1(CCn2cc(COc3ccccc3)nn2)OCCc2c1[nH]c1ccccc21. The third kappa shape index (κ3) is 3.48. The summed E-state index contributed by atoms with van der Waals surface area (Å²) in [6, 6.07) is 18.3. The van der Waals surface area contributed by atoms with E-state index in [0.717, 1.165) is 43.9 Å². The number of H-pyrrole nitrogens is 1. The third-order valence-corrected chi connectivity index (χ3v) is 6.03. The van der Waals surface area contributed by atoms with Gasteiger partial charge in [0.2, 0.25) is 0 Å². The average molecular weight is 402 g/mol. The zero-order valence-corrected chi connectivity index (χ0v) is 17.2. The van der Waals surface area contributed by atoms with Crippen molar-refractivity contribution in [1.29, 1.82) is 0 Å². The Hall–Kier alpha value is -3.12. The summed E-state index contributed by atoms with van der Waals surface area (Å²) in [5.74, 6) is 0.832. The molecule has 154 valence electrons. The molecule has 0 saturated heterocycles. The number of hydrogen-bond acceptors (Lipinski definition) is 4. The monoisotopic (exact) mass is 402 g/mol. The summed E-state index contributed by atoms with van der Waals surface area (Å²) in [5, 5.41) is 9.87. The molecule has 0 aliphatic carbocycles. The van der Waals surface area contributed by atoms with Crippen LogP contribution in [0.15, 0.2) is 60.8 Å². The number of para-hydroxylation sites is 2. The maximum absolute atomic E-state index is 6.39. The van der Waals surface area contributed by atoms with E-state index < -0.39 is 0 Å². The number of nitrogens with one attached hydrogen (secondary N) is 1. The standard InChI is InChI=1S/C24H26N4O2/c1-2-24(23-21(12-15-30-24)20-10-6-7-11-22(20)25-23)13-14-28-16-18(26-27-28)17-29-19-8-4-3-5-9-19/h3-11,16,25H,2,12-15,17H2,1H3. The van der Waals surface area contributed by atoms with Crippen molar-refractivity contribution in [2.75, 3.05) is 6.61 Å². The van der Waals surface area contributed by atoms with Gasteiger partial charge in [-0.1, -0.05) is 48.5 Å². The van der Waals surface area contributed by atoms with Crippen molar-refractivity contribution in [2.45, 2.75) is 44.9 Å². The Morgan fingerprint density at radius 3 is 2.83 bits per heavy atom. The van der Waals surface area contributed by atoms with Crippen LogP contribution < -0.4 is 4.74 Å². The predicted octanol–water partition coefficient (Wildman–Crippen LogP) is 4.61. The lowest BCUT2D eigenvalue weighted by atomic mass is 9.86. The second-order valence-corrected chi connectivity index (χ2v) is 7.80. The lowest BCUT2D eigenvalue weighted by Crippen LogP contribution is -2.36. The van der Waals surface area contributed by atoms with Crippen molar-refractivity contribution in [1.82, 2.24) is 20.0 Å². The Bertz CT molecular complexity index is 1130. The molecule has 1 aliphatic heterocycles. The zero-order chi connectivity index (χ0) is 20.4. The van der Waals surface area contributed by atoms with E-state index in [0.29, 0.717) is 6.61 Å². The van der Waals surface area contributed by atoms with E-state index in [1.807, 2.05) is 41.2 Å². The summed E-state index contributed by atoms with van der Waals surface area (Å²) in [6.45, 7) is 4.09. The lowest BCUT2D eigenvalue weighted by molar-refractivity contribution is -0.0749. The number of rotatable bonds is 7. The van der Waals surface area contributed by atoms with E-state index in [4.69, 9.17) is 9.47 Å². The summed E-state index contributed by atoms with van der Waals surface area (Å²) in [7, 11) is 0. The quantitative estimate of drug-likeness (QED) is 0.490. The van der Waals surface area contributed by atoms with Crippen molar-refractivity contribution in [3.05, 3.63) is 77.7 Å². The van der Waals surface area contributed by atoms with Crippen LogP contribution in [0.4, 0.5) is 0 Å². The first-order valence-electron chi connectivity index (χ1n) is 10.6. The molecule has 1 N–H and O–H groups in total. The Balaban J connectivity index is 1.31. The molecule has 0 bridgehead atoms. The van der Waals surface area contributed by atoms with Gasteiger partial charge in [-0.25, -0.2) is 0 Å². The first-order chi connectivity index (χ1) is 14.8. The van der Waals surface area contributed by atoms with Crippen molar-refractivity contribution < 1.29 is 9.47 Å². The van der Waals surface area contributed by atoms with Gasteiger partial charge in [-0.2, -0.15) is 0 Å². The topological polar surface area (TPSA) is 65.0 Å².